The SMILES string of the molecule is C#CC(CC)Nc1ccccc1S(C)(=O)=O. The summed E-state index contributed by atoms with van der Waals surface area (Å²) < 4.78 is 23.0. The molecular weight excluding hydrogens is 222 g/mol. The molecule has 1 rings (SSSR count). The highest BCUT2D eigenvalue weighted by Crippen LogP contribution is 2.21. The van der Waals surface area contributed by atoms with Gasteiger partial charge in [-0.05, 0) is 18.6 Å². The minimum Gasteiger partial charge on any atom is -0.371 e. The Morgan fingerprint density at radius 2 is 2.06 bits per heavy atom. The Morgan fingerprint density at radius 3 is 2.56 bits per heavy atom. The van der Waals surface area contributed by atoms with Crippen molar-refractivity contribution < 1.29 is 8.42 Å². The fraction of sp³-hybridized carbons (Fsp3) is 0.333. The number of rotatable bonds is 4. The van der Waals surface area contributed by atoms with E-state index in [0.717, 1.165) is 6.42 Å². The van der Waals surface area contributed by atoms with Gasteiger partial charge in [-0.15, -0.1) is 6.42 Å². The van der Waals surface area contributed by atoms with Crippen LogP contribution in [0, 0.1) is 12.3 Å². The highest BCUT2D eigenvalue weighted by molar-refractivity contribution is 7.90. The fourth-order valence-corrected chi connectivity index (χ4v) is 2.21. The van der Waals surface area contributed by atoms with E-state index in [1.54, 1.807) is 24.3 Å². The lowest BCUT2D eigenvalue weighted by atomic mass is 10.2. The average molecular weight is 237 g/mol. The molecule has 4 heteroatoms. The second kappa shape index (κ2) is 5.04. The number of hydrogen-bond donors (Lipinski definition) is 1. The lowest BCUT2D eigenvalue weighted by Crippen LogP contribution is -2.17. The van der Waals surface area contributed by atoms with Crippen molar-refractivity contribution in [3.05, 3.63) is 24.3 Å². The standard InChI is InChI=1S/C12H15NO2S/c1-4-10(5-2)13-11-8-6-7-9-12(11)16(3,14)15/h1,6-10,13H,5H2,2-3H3. The van der Waals surface area contributed by atoms with Gasteiger partial charge in [0, 0.05) is 6.26 Å². The van der Waals surface area contributed by atoms with Crippen molar-refractivity contribution in [2.45, 2.75) is 24.3 Å². The number of sulfone groups is 1. The van der Waals surface area contributed by atoms with Crippen LogP contribution in [0.1, 0.15) is 13.3 Å². The monoisotopic (exact) mass is 237 g/mol. The molecule has 0 saturated heterocycles. The molecule has 0 aliphatic carbocycles. The number of anilines is 1. The van der Waals surface area contributed by atoms with E-state index in [0.29, 0.717) is 5.69 Å². The van der Waals surface area contributed by atoms with E-state index in [-0.39, 0.29) is 10.9 Å². The molecule has 1 aromatic carbocycles. The minimum atomic E-state index is -3.23. The molecule has 0 spiro atoms. The maximum atomic E-state index is 11.5. The summed E-state index contributed by atoms with van der Waals surface area (Å²) in [5.74, 6) is 2.57. The van der Waals surface area contributed by atoms with Crippen molar-refractivity contribution in [3.63, 3.8) is 0 Å². The van der Waals surface area contributed by atoms with Crippen molar-refractivity contribution >= 4 is 15.5 Å². The molecule has 0 saturated carbocycles. The van der Waals surface area contributed by atoms with E-state index in [1.807, 2.05) is 6.92 Å². The molecule has 0 aliphatic rings. The van der Waals surface area contributed by atoms with Gasteiger partial charge >= 0.3 is 0 Å². The number of nitrogens with one attached hydrogen (secondary N) is 1. The van der Waals surface area contributed by atoms with Gasteiger partial charge in [0.1, 0.15) is 0 Å². The fourth-order valence-electron chi connectivity index (χ4n) is 1.36. The van der Waals surface area contributed by atoms with Crippen molar-refractivity contribution in [2.75, 3.05) is 11.6 Å². The summed E-state index contributed by atoms with van der Waals surface area (Å²) in [6.07, 6.45) is 7.26. The predicted molar refractivity (Wildman–Crippen MR) is 66.1 cm³/mol. The molecular formula is C12H15NO2S. The smallest absolute Gasteiger partial charge is 0.177 e. The third-order valence-electron chi connectivity index (χ3n) is 2.23. The Hall–Kier alpha value is -1.47. The second-order valence-electron chi connectivity index (χ2n) is 3.54. The van der Waals surface area contributed by atoms with Crippen molar-refractivity contribution in [3.8, 4) is 12.3 Å². The summed E-state index contributed by atoms with van der Waals surface area (Å²) in [7, 11) is -3.23. The van der Waals surface area contributed by atoms with Gasteiger partial charge in [0.15, 0.2) is 9.84 Å². The molecule has 86 valence electrons. The molecule has 0 bridgehead atoms. The van der Waals surface area contributed by atoms with E-state index < -0.39 is 9.84 Å². The first kappa shape index (κ1) is 12.6. The van der Waals surface area contributed by atoms with Crippen LogP contribution in [0.4, 0.5) is 5.69 Å². The van der Waals surface area contributed by atoms with E-state index in [2.05, 4.69) is 11.2 Å². The van der Waals surface area contributed by atoms with E-state index in [9.17, 15) is 8.42 Å². The maximum Gasteiger partial charge on any atom is 0.177 e. The van der Waals surface area contributed by atoms with Gasteiger partial charge in [0.25, 0.3) is 0 Å². The summed E-state index contributed by atoms with van der Waals surface area (Å²) >= 11 is 0. The van der Waals surface area contributed by atoms with Gasteiger partial charge in [-0.2, -0.15) is 0 Å². The Balaban J connectivity index is 3.11. The number of hydrogen-bond acceptors (Lipinski definition) is 3. The normalized spacial score (nSPS) is 12.8. The lowest BCUT2D eigenvalue weighted by Gasteiger charge is -2.14. The zero-order valence-corrected chi connectivity index (χ0v) is 10.2. The van der Waals surface area contributed by atoms with Crippen LogP contribution in [0.3, 0.4) is 0 Å². The first-order chi connectivity index (χ1) is 7.49. The van der Waals surface area contributed by atoms with Crippen molar-refractivity contribution in [1.29, 1.82) is 0 Å². The third-order valence-corrected chi connectivity index (χ3v) is 3.38. The molecule has 0 fully saturated rings. The van der Waals surface area contributed by atoms with Gasteiger partial charge in [-0.3, -0.25) is 0 Å². The lowest BCUT2D eigenvalue weighted by molar-refractivity contribution is 0.602. The van der Waals surface area contributed by atoms with E-state index in [4.69, 9.17) is 6.42 Å². The van der Waals surface area contributed by atoms with Crippen LogP contribution in [0.25, 0.3) is 0 Å². The van der Waals surface area contributed by atoms with Crippen molar-refractivity contribution in [1.82, 2.24) is 0 Å². The van der Waals surface area contributed by atoms with E-state index >= 15 is 0 Å². The first-order valence-corrected chi connectivity index (χ1v) is 6.90. The largest absolute Gasteiger partial charge is 0.371 e. The third kappa shape index (κ3) is 3.01. The molecule has 0 radical (unpaired) electrons. The van der Waals surface area contributed by atoms with Crippen LogP contribution in [-0.4, -0.2) is 20.7 Å². The highest BCUT2D eigenvalue weighted by Gasteiger charge is 2.13. The molecule has 1 atom stereocenters. The Labute approximate surface area is 96.8 Å². The zero-order valence-electron chi connectivity index (χ0n) is 9.40. The molecule has 0 aromatic heterocycles. The quantitative estimate of drug-likeness (QED) is 0.814. The van der Waals surface area contributed by atoms with Gasteiger partial charge in [0.05, 0.1) is 16.6 Å². The molecule has 0 heterocycles. The second-order valence-corrected chi connectivity index (χ2v) is 5.52. The van der Waals surface area contributed by atoms with Crippen LogP contribution >= 0.6 is 0 Å². The van der Waals surface area contributed by atoms with Crippen LogP contribution in [0.2, 0.25) is 0 Å². The van der Waals surface area contributed by atoms with Crippen molar-refractivity contribution in [2.24, 2.45) is 0 Å². The summed E-state index contributed by atoms with van der Waals surface area (Å²) in [6.45, 7) is 1.95. The number of para-hydroxylation sites is 1. The molecule has 0 aliphatic heterocycles. The van der Waals surface area contributed by atoms with Gasteiger partial charge < -0.3 is 5.32 Å². The number of benzene rings is 1. The van der Waals surface area contributed by atoms with Gasteiger partial charge in [0.2, 0.25) is 0 Å². The summed E-state index contributed by atoms with van der Waals surface area (Å²) in [6, 6.07) is 6.61. The Bertz CT molecular complexity index is 500. The molecule has 0 amide bonds. The molecule has 1 aromatic rings. The summed E-state index contributed by atoms with van der Waals surface area (Å²) in [4.78, 5) is 0.281. The van der Waals surface area contributed by atoms with Crippen LogP contribution in [0.15, 0.2) is 29.2 Å². The Kier molecular flexibility index (Phi) is 3.97. The zero-order chi connectivity index (χ0) is 12.2. The number of terminal acetylenes is 1. The molecule has 3 nitrogen and oxygen atoms in total. The van der Waals surface area contributed by atoms with Crippen LogP contribution in [0.5, 0.6) is 0 Å². The average Bonchev–Trinajstić information content (AvgIpc) is 2.25. The predicted octanol–water partition coefficient (Wildman–Crippen LogP) is 1.91. The Morgan fingerprint density at radius 1 is 1.44 bits per heavy atom. The first-order valence-electron chi connectivity index (χ1n) is 5.00. The molecule has 16 heavy (non-hydrogen) atoms. The van der Waals surface area contributed by atoms with Crippen LogP contribution in [-0.2, 0) is 9.84 Å². The molecule has 1 unspecified atom stereocenters. The highest BCUT2D eigenvalue weighted by atomic mass is 32.2. The molecule has 1 N–H and O–H groups in total. The van der Waals surface area contributed by atoms with E-state index in [1.165, 1.54) is 6.26 Å². The summed E-state index contributed by atoms with van der Waals surface area (Å²) in [5, 5.41) is 3.04. The maximum absolute atomic E-state index is 11.5. The topological polar surface area (TPSA) is 46.2 Å². The van der Waals surface area contributed by atoms with Gasteiger partial charge in [-0.1, -0.05) is 25.0 Å². The summed E-state index contributed by atoms with van der Waals surface area (Å²) in [5.41, 5.74) is 0.565. The minimum absolute atomic E-state index is 0.150. The van der Waals surface area contributed by atoms with Crippen LogP contribution < -0.4 is 5.32 Å². The van der Waals surface area contributed by atoms with Gasteiger partial charge in [-0.25, -0.2) is 8.42 Å².